The number of hydrogen-bond donors (Lipinski definition) is 1. The van der Waals surface area contributed by atoms with Gasteiger partial charge in [-0.15, -0.1) is 11.8 Å². The molecule has 1 heterocycles. The SMILES string of the molecule is CC(Sc1cccc2cccc(Cl)c12)C(=O)NC1CCN(C)CC1. The summed E-state index contributed by atoms with van der Waals surface area (Å²) in [5.41, 5.74) is 0. The molecular formula is C19H23ClN2OS. The molecule has 1 aliphatic heterocycles. The number of nitrogens with one attached hydrogen (secondary N) is 1. The first-order valence-electron chi connectivity index (χ1n) is 8.37. The van der Waals surface area contributed by atoms with Gasteiger partial charge in [0, 0.05) is 21.3 Å². The van der Waals surface area contributed by atoms with Crippen molar-refractivity contribution in [2.24, 2.45) is 0 Å². The van der Waals surface area contributed by atoms with Gasteiger partial charge in [0.15, 0.2) is 0 Å². The Morgan fingerprint density at radius 2 is 1.92 bits per heavy atom. The van der Waals surface area contributed by atoms with Gasteiger partial charge >= 0.3 is 0 Å². The van der Waals surface area contributed by atoms with E-state index >= 15 is 0 Å². The molecular weight excluding hydrogens is 340 g/mol. The van der Waals surface area contributed by atoms with E-state index in [-0.39, 0.29) is 11.2 Å². The van der Waals surface area contributed by atoms with E-state index in [1.165, 1.54) is 0 Å². The van der Waals surface area contributed by atoms with Crippen LogP contribution in [0.1, 0.15) is 19.8 Å². The fourth-order valence-corrected chi connectivity index (χ4v) is 4.47. The summed E-state index contributed by atoms with van der Waals surface area (Å²) in [5.74, 6) is 0.110. The molecule has 24 heavy (non-hydrogen) atoms. The van der Waals surface area contributed by atoms with E-state index < -0.39 is 0 Å². The van der Waals surface area contributed by atoms with Crippen LogP contribution in [-0.4, -0.2) is 42.2 Å². The van der Waals surface area contributed by atoms with Crippen molar-refractivity contribution in [2.45, 2.75) is 36.0 Å². The molecule has 1 N–H and O–H groups in total. The van der Waals surface area contributed by atoms with Gasteiger partial charge in [0.2, 0.25) is 5.91 Å². The van der Waals surface area contributed by atoms with Gasteiger partial charge in [0.25, 0.3) is 0 Å². The van der Waals surface area contributed by atoms with Gasteiger partial charge in [-0.2, -0.15) is 0 Å². The number of likely N-dealkylation sites (tertiary alicyclic amines) is 1. The molecule has 0 aromatic heterocycles. The number of rotatable bonds is 4. The van der Waals surface area contributed by atoms with Gasteiger partial charge in [-0.05, 0) is 57.4 Å². The van der Waals surface area contributed by atoms with Gasteiger partial charge in [0.1, 0.15) is 0 Å². The molecule has 1 unspecified atom stereocenters. The minimum atomic E-state index is -0.147. The molecule has 3 nitrogen and oxygen atoms in total. The first-order valence-corrected chi connectivity index (χ1v) is 9.63. The van der Waals surface area contributed by atoms with Crippen molar-refractivity contribution in [2.75, 3.05) is 20.1 Å². The lowest BCUT2D eigenvalue weighted by molar-refractivity contribution is -0.121. The summed E-state index contributed by atoms with van der Waals surface area (Å²) < 4.78 is 0. The monoisotopic (exact) mass is 362 g/mol. The van der Waals surface area contributed by atoms with Gasteiger partial charge in [-0.3, -0.25) is 4.79 Å². The molecule has 2 aromatic rings. The van der Waals surface area contributed by atoms with Gasteiger partial charge in [0.05, 0.1) is 5.25 Å². The molecule has 1 saturated heterocycles. The van der Waals surface area contributed by atoms with E-state index in [1.54, 1.807) is 11.8 Å². The second kappa shape index (κ2) is 7.77. The second-order valence-electron chi connectivity index (χ2n) is 6.44. The summed E-state index contributed by atoms with van der Waals surface area (Å²) in [6, 6.07) is 12.3. The minimum Gasteiger partial charge on any atom is -0.352 e. The van der Waals surface area contributed by atoms with Gasteiger partial charge in [-0.1, -0.05) is 35.9 Å². The smallest absolute Gasteiger partial charge is 0.233 e. The summed E-state index contributed by atoms with van der Waals surface area (Å²) in [6.07, 6.45) is 2.06. The average molecular weight is 363 g/mol. The number of thioether (sulfide) groups is 1. The Morgan fingerprint density at radius 3 is 2.62 bits per heavy atom. The number of fused-ring (bicyclic) bond motifs is 1. The Kier molecular flexibility index (Phi) is 5.69. The Bertz CT molecular complexity index is 723. The summed E-state index contributed by atoms with van der Waals surface area (Å²) in [6.45, 7) is 4.06. The lowest BCUT2D eigenvalue weighted by Crippen LogP contribution is -2.45. The number of amides is 1. The van der Waals surface area contributed by atoms with Crippen molar-refractivity contribution in [3.05, 3.63) is 41.4 Å². The third kappa shape index (κ3) is 4.05. The van der Waals surface area contributed by atoms with Crippen molar-refractivity contribution in [1.29, 1.82) is 0 Å². The van der Waals surface area contributed by atoms with E-state index in [4.69, 9.17) is 11.6 Å². The minimum absolute atomic E-state index is 0.110. The standard InChI is InChI=1S/C19H23ClN2OS/c1-13(19(23)21-15-9-11-22(2)12-10-15)24-17-8-4-6-14-5-3-7-16(20)18(14)17/h3-8,13,15H,9-12H2,1-2H3,(H,21,23). The molecule has 0 radical (unpaired) electrons. The van der Waals surface area contributed by atoms with Crippen LogP contribution in [0.3, 0.4) is 0 Å². The summed E-state index contributed by atoms with van der Waals surface area (Å²) in [4.78, 5) is 15.9. The van der Waals surface area contributed by atoms with Crippen LogP contribution in [0.25, 0.3) is 10.8 Å². The molecule has 1 fully saturated rings. The molecule has 3 rings (SSSR count). The van der Waals surface area contributed by atoms with Crippen LogP contribution in [0.2, 0.25) is 5.02 Å². The van der Waals surface area contributed by atoms with Crippen LogP contribution in [-0.2, 0) is 4.79 Å². The third-order valence-electron chi connectivity index (χ3n) is 4.55. The highest BCUT2D eigenvalue weighted by Gasteiger charge is 2.22. The van der Waals surface area contributed by atoms with Crippen molar-refractivity contribution < 1.29 is 4.79 Å². The van der Waals surface area contributed by atoms with Crippen molar-refractivity contribution in [3.63, 3.8) is 0 Å². The predicted molar refractivity (Wildman–Crippen MR) is 103 cm³/mol. The third-order valence-corrected chi connectivity index (χ3v) is 6.03. The summed E-state index contributed by atoms with van der Waals surface area (Å²) in [7, 11) is 2.13. The quantitative estimate of drug-likeness (QED) is 0.828. The molecule has 1 atom stereocenters. The van der Waals surface area contributed by atoms with Crippen LogP contribution < -0.4 is 5.32 Å². The zero-order valence-corrected chi connectivity index (χ0v) is 15.7. The van der Waals surface area contributed by atoms with E-state index in [0.29, 0.717) is 6.04 Å². The van der Waals surface area contributed by atoms with E-state index in [1.807, 2.05) is 31.2 Å². The van der Waals surface area contributed by atoms with E-state index in [9.17, 15) is 4.79 Å². The Hall–Kier alpha value is -1.23. The van der Waals surface area contributed by atoms with Crippen LogP contribution in [0, 0.1) is 0 Å². The number of carbonyl (C=O) groups excluding carboxylic acids is 1. The zero-order chi connectivity index (χ0) is 17.1. The number of benzene rings is 2. The number of hydrogen-bond acceptors (Lipinski definition) is 3. The number of halogens is 1. The first kappa shape index (κ1) is 17.6. The lowest BCUT2D eigenvalue weighted by atomic mass is 10.1. The zero-order valence-electron chi connectivity index (χ0n) is 14.1. The van der Waals surface area contributed by atoms with Crippen LogP contribution >= 0.6 is 23.4 Å². The summed E-state index contributed by atoms with van der Waals surface area (Å²) >= 11 is 7.95. The average Bonchev–Trinajstić information content (AvgIpc) is 2.57. The van der Waals surface area contributed by atoms with Crippen LogP contribution in [0.5, 0.6) is 0 Å². The normalized spacial score (nSPS) is 17.8. The maximum Gasteiger partial charge on any atom is 0.233 e. The number of nitrogens with zero attached hydrogens (tertiary/aromatic N) is 1. The van der Waals surface area contributed by atoms with E-state index in [0.717, 1.165) is 46.6 Å². The van der Waals surface area contributed by atoms with Crippen LogP contribution in [0.4, 0.5) is 0 Å². The molecule has 0 bridgehead atoms. The topological polar surface area (TPSA) is 32.3 Å². The lowest BCUT2D eigenvalue weighted by Gasteiger charge is -2.30. The molecule has 2 aromatic carbocycles. The van der Waals surface area contributed by atoms with Crippen molar-refractivity contribution >= 4 is 40.0 Å². The first-order chi connectivity index (χ1) is 11.5. The van der Waals surface area contributed by atoms with E-state index in [2.05, 4.69) is 29.4 Å². The maximum absolute atomic E-state index is 12.5. The van der Waals surface area contributed by atoms with Gasteiger partial charge < -0.3 is 10.2 Å². The fraction of sp³-hybridized carbons (Fsp3) is 0.421. The fourth-order valence-electron chi connectivity index (χ4n) is 3.08. The Balaban J connectivity index is 1.68. The molecule has 128 valence electrons. The molecule has 0 spiro atoms. The highest BCUT2D eigenvalue weighted by Crippen LogP contribution is 2.35. The highest BCUT2D eigenvalue weighted by molar-refractivity contribution is 8.00. The molecule has 5 heteroatoms. The Morgan fingerprint density at radius 1 is 1.25 bits per heavy atom. The number of piperidine rings is 1. The predicted octanol–water partition coefficient (Wildman–Crippen LogP) is 4.18. The Labute approximate surface area is 152 Å². The largest absolute Gasteiger partial charge is 0.352 e. The molecule has 0 aliphatic carbocycles. The van der Waals surface area contributed by atoms with Crippen LogP contribution in [0.15, 0.2) is 41.3 Å². The second-order valence-corrected chi connectivity index (χ2v) is 8.23. The molecule has 1 amide bonds. The summed E-state index contributed by atoms with van der Waals surface area (Å²) in [5, 5.41) is 5.93. The van der Waals surface area contributed by atoms with Gasteiger partial charge in [-0.25, -0.2) is 0 Å². The van der Waals surface area contributed by atoms with Crippen molar-refractivity contribution in [3.8, 4) is 0 Å². The molecule has 0 saturated carbocycles. The molecule has 1 aliphatic rings. The highest BCUT2D eigenvalue weighted by atomic mass is 35.5. The number of carbonyl (C=O) groups is 1. The maximum atomic E-state index is 12.5. The van der Waals surface area contributed by atoms with Crippen molar-refractivity contribution in [1.82, 2.24) is 10.2 Å².